The molecule has 0 aliphatic carbocycles. The molecule has 25 heavy (non-hydrogen) atoms. The van der Waals surface area contributed by atoms with Crippen molar-refractivity contribution >= 4 is 6.03 Å². The van der Waals surface area contributed by atoms with Crippen molar-refractivity contribution in [2.24, 2.45) is 0 Å². The van der Waals surface area contributed by atoms with Gasteiger partial charge in [-0.3, -0.25) is 0 Å². The maximum atomic E-state index is 13.6. The fourth-order valence-electron chi connectivity index (χ4n) is 2.17. The Kier molecular flexibility index (Phi) is 6.56. The summed E-state index contributed by atoms with van der Waals surface area (Å²) in [5.74, 6) is -0.139. The van der Waals surface area contributed by atoms with E-state index >= 15 is 0 Å². The summed E-state index contributed by atoms with van der Waals surface area (Å²) >= 11 is 0. The number of carbonyl (C=O) groups excluding carboxylic acids is 1. The van der Waals surface area contributed by atoms with Crippen LogP contribution in [-0.2, 0) is 6.54 Å². The number of urea groups is 1. The van der Waals surface area contributed by atoms with Crippen LogP contribution in [0.15, 0.2) is 42.5 Å². The standard InChI is InChI=1S/C18H20F2N2O3/c1-22(12-13-7-8-14(19)11-15(13)20)18(23)21-9-10-25-17-6-4-3-5-16(17)24-2/h3-8,11H,9-10,12H2,1-2H3,(H,21,23). The Morgan fingerprint density at radius 1 is 1.16 bits per heavy atom. The SMILES string of the molecule is COc1ccccc1OCCNC(=O)N(C)Cc1ccc(F)cc1F. The van der Waals surface area contributed by atoms with E-state index < -0.39 is 11.6 Å². The van der Waals surface area contributed by atoms with E-state index in [1.807, 2.05) is 12.1 Å². The number of carbonyl (C=O) groups is 1. The van der Waals surface area contributed by atoms with Gasteiger partial charge in [0.15, 0.2) is 11.5 Å². The molecule has 2 amide bonds. The Balaban J connectivity index is 1.77. The highest BCUT2D eigenvalue weighted by atomic mass is 19.1. The molecule has 0 saturated carbocycles. The van der Waals surface area contributed by atoms with Crippen molar-refractivity contribution in [3.8, 4) is 11.5 Å². The Bertz CT molecular complexity index is 725. The fraction of sp³-hybridized carbons (Fsp3) is 0.278. The third-order valence-corrected chi connectivity index (χ3v) is 3.47. The normalized spacial score (nSPS) is 10.2. The topological polar surface area (TPSA) is 50.8 Å². The van der Waals surface area contributed by atoms with Gasteiger partial charge in [0.2, 0.25) is 0 Å². The first-order valence-corrected chi connectivity index (χ1v) is 7.70. The van der Waals surface area contributed by atoms with Crippen LogP contribution in [0.3, 0.4) is 0 Å². The number of para-hydroxylation sites is 2. The van der Waals surface area contributed by atoms with E-state index in [2.05, 4.69) is 5.32 Å². The molecule has 0 atom stereocenters. The van der Waals surface area contributed by atoms with Crippen molar-refractivity contribution in [1.29, 1.82) is 0 Å². The van der Waals surface area contributed by atoms with Gasteiger partial charge in [0, 0.05) is 25.2 Å². The van der Waals surface area contributed by atoms with E-state index in [1.165, 1.54) is 18.0 Å². The van der Waals surface area contributed by atoms with Gasteiger partial charge in [-0.25, -0.2) is 13.6 Å². The molecule has 7 heteroatoms. The van der Waals surface area contributed by atoms with Gasteiger partial charge in [-0.2, -0.15) is 0 Å². The van der Waals surface area contributed by atoms with E-state index in [0.29, 0.717) is 11.5 Å². The average Bonchev–Trinajstić information content (AvgIpc) is 2.61. The van der Waals surface area contributed by atoms with E-state index in [-0.39, 0.29) is 31.3 Å². The monoisotopic (exact) mass is 350 g/mol. The van der Waals surface area contributed by atoms with E-state index in [4.69, 9.17) is 9.47 Å². The van der Waals surface area contributed by atoms with Crippen LogP contribution in [-0.4, -0.2) is 38.2 Å². The highest BCUT2D eigenvalue weighted by Gasteiger charge is 2.12. The predicted molar refractivity (Wildman–Crippen MR) is 89.7 cm³/mol. The average molecular weight is 350 g/mol. The second kappa shape index (κ2) is 8.86. The third-order valence-electron chi connectivity index (χ3n) is 3.47. The van der Waals surface area contributed by atoms with Crippen LogP contribution in [0.2, 0.25) is 0 Å². The van der Waals surface area contributed by atoms with Crippen molar-refractivity contribution in [3.05, 3.63) is 59.7 Å². The molecule has 0 aromatic heterocycles. The molecule has 0 unspecified atom stereocenters. The number of halogens is 2. The van der Waals surface area contributed by atoms with Gasteiger partial charge in [-0.1, -0.05) is 18.2 Å². The van der Waals surface area contributed by atoms with E-state index in [9.17, 15) is 13.6 Å². The van der Waals surface area contributed by atoms with Crippen molar-refractivity contribution in [2.45, 2.75) is 6.54 Å². The summed E-state index contributed by atoms with van der Waals surface area (Å²) in [6.45, 7) is 0.559. The summed E-state index contributed by atoms with van der Waals surface area (Å²) in [7, 11) is 3.08. The number of ether oxygens (including phenoxy) is 2. The quantitative estimate of drug-likeness (QED) is 0.780. The highest BCUT2D eigenvalue weighted by Crippen LogP contribution is 2.25. The smallest absolute Gasteiger partial charge is 0.317 e. The molecule has 0 spiro atoms. The van der Waals surface area contributed by atoms with E-state index in [0.717, 1.165) is 12.1 Å². The Labute approximate surface area is 145 Å². The number of nitrogens with zero attached hydrogens (tertiary/aromatic N) is 1. The van der Waals surface area contributed by atoms with Crippen LogP contribution in [0, 0.1) is 11.6 Å². The van der Waals surface area contributed by atoms with Gasteiger partial charge in [0.05, 0.1) is 13.7 Å². The highest BCUT2D eigenvalue weighted by molar-refractivity contribution is 5.73. The zero-order valence-electron chi connectivity index (χ0n) is 14.1. The third kappa shape index (κ3) is 5.34. The van der Waals surface area contributed by atoms with Gasteiger partial charge in [-0.05, 0) is 18.2 Å². The molecule has 0 heterocycles. The predicted octanol–water partition coefficient (Wildman–Crippen LogP) is 3.19. The summed E-state index contributed by atoms with van der Waals surface area (Å²) in [5, 5.41) is 2.67. The molecule has 2 rings (SSSR count). The minimum atomic E-state index is -0.681. The summed E-state index contributed by atoms with van der Waals surface area (Å²) in [6.07, 6.45) is 0. The van der Waals surface area contributed by atoms with Crippen molar-refractivity contribution in [2.75, 3.05) is 27.3 Å². The van der Waals surface area contributed by atoms with Gasteiger partial charge < -0.3 is 19.7 Å². The summed E-state index contributed by atoms with van der Waals surface area (Å²) in [4.78, 5) is 13.3. The molecule has 2 aromatic rings. The molecule has 0 radical (unpaired) electrons. The van der Waals surface area contributed by atoms with Crippen LogP contribution in [0.1, 0.15) is 5.56 Å². The molecular weight excluding hydrogens is 330 g/mol. The number of hydrogen-bond donors (Lipinski definition) is 1. The van der Waals surface area contributed by atoms with E-state index in [1.54, 1.807) is 19.2 Å². The Hall–Kier alpha value is -2.83. The molecule has 1 N–H and O–H groups in total. The number of rotatable bonds is 7. The first-order valence-electron chi connectivity index (χ1n) is 7.70. The molecule has 0 aliphatic rings. The largest absolute Gasteiger partial charge is 0.493 e. The number of amides is 2. The molecule has 5 nitrogen and oxygen atoms in total. The minimum Gasteiger partial charge on any atom is -0.493 e. The lowest BCUT2D eigenvalue weighted by Crippen LogP contribution is -2.38. The second-order valence-electron chi connectivity index (χ2n) is 5.32. The zero-order valence-corrected chi connectivity index (χ0v) is 14.1. The van der Waals surface area contributed by atoms with Gasteiger partial charge in [0.1, 0.15) is 18.2 Å². The van der Waals surface area contributed by atoms with Crippen molar-refractivity contribution in [1.82, 2.24) is 10.2 Å². The van der Waals surface area contributed by atoms with Gasteiger partial charge in [0.25, 0.3) is 0 Å². The van der Waals surface area contributed by atoms with Crippen molar-refractivity contribution < 1.29 is 23.0 Å². The van der Waals surface area contributed by atoms with Crippen LogP contribution in [0.25, 0.3) is 0 Å². The molecule has 134 valence electrons. The number of hydrogen-bond acceptors (Lipinski definition) is 3. The molecule has 2 aromatic carbocycles. The number of benzene rings is 2. The maximum absolute atomic E-state index is 13.6. The lowest BCUT2D eigenvalue weighted by Gasteiger charge is -2.18. The Morgan fingerprint density at radius 2 is 1.88 bits per heavy atom. The molecule has 0 fully saturated rings. The lowest BCUT2D eigenvalue weighted by molar-refractivity contribution is 0.202. The zero-order chi connectivity index (χ0) is 18.2. The molecule has 0 saturated heterocycles. The van der Waals surface area contributed by atoms with Crippen molar-refractivity contribution in [3.63, 3.8) is 0 Å². The summed E-state index contributed by atoms with van der Waals surface area (Å²) < 4.78 is 37.2. The van der Waals surface area contributed by atoms with Crippen LogP contribution in [0.4, 0.5) is 13.6 Å². The lowest BCUT2D eigenvalue weighted by atomic mass is 10.2. The van der Waals surface area contributed by atoms with Gasteiger partial charge >= 0.3 is 6.03 Å². The number of methoxy groups -OCH3 is 1. The maximum Gasteiger partial charge on any atom is 0.317 e. The molecule has 0 aliphatic heterocycles. The van der Waals surface area contributed by atoms with Crippen LogP contribution >= 0.6 is 0 Å². The molecular formula is C18H20F2N2O3. The Morgan fingerprint density at radius 3 is 2.56 bits per heavy atom. The minimum absolute atomic E-state index is 0.0330. The van der Waals surface area contributed by atoms with Crippen LogP contribution < -0.4 is 14.8 Å². The number of nitrogens with one attached hydrogen (secondary N) is 1. The first-order chi connectivity index (χ1) is 12.0. The summed E-state index contributed by atoms with van der Waals surface area (Å²) in [6, 6.07) is 10.1. The second-order valence-corrected chi connectivity index (χ2v) is 5.32. The molecule has 0 bridgehead atoms. The van der Waals surface area contributed by atoms with Crippen LogP contribution in [0.5, 0.6) is 11.5 Å². The summed E-state index contributed by atoms with van der Waals surface area (Å²) in [5.41, 5.74) is 0.240. The first kappa shape index (κ1) is 18.5. The van der Waals surface area contributed by atoms with Gasteiger partial charge in [-0.15, -0.1) is 0 Å². The fourth-order valence-corrected chi connectivity index (χ4v) is 2.17.